The summed E-state index contributed by atoms with van der Waals surface area (Å²) in [6.45, 7) is 0. The van der Waals surface area contributed by atoms with Crippen molar-refractivity contribution in [3.8, 4) is 0 Å². The average Bonchev–Trinajstić information content (AvgIpc) is 3.23. The second kappa shape index (κ2) is 20.5. The molecule has 56 heavy (non-hydrogen) atoms. The lowest BCUT2D eigenvalue weighted by Crippen LogP contribution is -2.55. The second-order valence-electron chi connectivity index (χ2n) is 15.3. The molecule has 2 aliphatic rings. The molecule has 6 rings (SSSR count). The molecule has 0 radical (unpaired) electrons. The van der Waals surface area contributed by atoms with Crippen molar-refractivity contribution in [2.24, 2.45) is 11.8 Å². The average molecular weight is 759 g/mol. The number of amides is 4. The first-order chi connectivity index (χ1) is 27.3. The molecule has 2 aromatic carbocycles. The van der Waals surface area contributed by atoms with Crippen LogP contribution in [-0.4, -0.2) is 69.0 Å². The van der Waals surface area contributed by atoms with Crippen molar-refractivity contribution in [1.82, 2.24) is 31.2 Å². The SMILES string of the molecule is O=C(N[C@H]1CCCC[C@@H]1NC(=O)[C@H](Cc1ccccc1)CC(O)C[C@H](Cc1ccccc1)C(=O)N[C@H]1CCCC[C@@H]1NC(=O)c1ccccn1)c1ccccn1. The van der Waals surface area contributed by atoms with Gasteiger partial charge < -0.3 is 26.4 Å². The lowest BCUT2D eigenvalue weighted by molar-refractivity contribution is -0.128. The van der Waals surface area contributed by atoms with E-state index in [1.165, 1.54) is 0 Å². The van der Waals surface area contributed by atoms with E-state index in [2.05, 4.69) is 31.2 Å². The maximum Gasteiger partial charge on any atom is 0.270 e. The molecule has 4 amide bonds. The lowest BCUT2D eigenvalue weighted by Gasteiger charge is -2.34. The van der Waals surface area contributed by atoms with Gasteiger partial charge in [-0.1, -0.05) is 98.5 Å². The van der Waals surface area contributed by atoms with Gasteiger partial charge in [-0.2, -0.15) is 0 Å². The number of hydrogen-bond donors (Lipinski definition) is 5. The Morgan fingerprint density at radius 1 is 0.518 bits per heavy atom. The number of aliphatic hydroxyl groups excluding tert-OH is 1. The number of rotatable bonds is 16. The third-order valence-corrected chi connectivity index (χ3v) is 11.1. The number of benzene rings is 2. The fourth-order valence-corrected chi connectivity index (χ4v) is 8.15. The quantitative estimate of drug-likeness (QED) is 0.103. The number of aromatic nitrogens is 2. The fourth-order valence-electron chi connectivity index (χ4n) is 8.15. The van der Waals surface area contributed by atoms with Gasteiger partial charge in [0.2, 0.25) is 11.8 Å². The molecule has 4 aromatic rings. The highest BCUT2D eigenvalue weighted by Gasteiger charge is 2.34. The highest BCUT2D eigenvalue weighted by atomic mass is 16.3. The van der Waals surface area contributed by atoms with Gasteiger partial charge in [0.15, 0.2) is 0 Å². The third-order valence-electron chi connectivity index (χ3n) is 11.1. The van der Waals surface area contributed by atoms with Crippen molar-refractivity contribution in [2.75, 3.05) is 0 Å². The van der Waals surface area contributed by atoms with E-state index in [-0.39, 0.29) is 60.6 Å². The van der Waals surface area contributed by atoms with Crippen LogP contribution in [0.1, 0.15) is 96.3 Å². The number of hydrogen-bond acceptors (Lipinski definition) is 7. The molecule has 2 aliphatic carbocycles. The molecular weight excluding hydrogens is 705 g/mol. The Kier molecular flexibility index (Phi) is 14.7. The molecule has 5 N–H and O–H groups in total. The van der Waals surface area contributed by atoms with Gasteiger partial charge in [-0.25, -0.2) is 0 Å². The maximum absolute atomic E-state index is 14.2. The highest BCUT2D eigenvalue weighted by molar-refractivity contribution is 5.93. The summed E-state index contributed by atoms with van der Waals surface area (Å²) in [6.07, 6.45) is 10.0. The van der Waals surface area contributed by atoms with E-state index < -0.39 is 17.9 Å². The van der Waals surface area contributed by atoms with Gasteiger partial charge in [-0.3, -0.25) is 29.1 Å². The molecule has 0 aliphatic heterocycles. The monoisotopic (exact) mass is 758 g/mol. The molecule has 7 atom stereocenters. The minimum absolute atomic E-state index is 0.156. The molecule has 0 spiro atoms. The summed E-state index contributed by atoms with van der Waals surface area (Å²) in [5, 5.41) is 24.5. The van der Waals surface area contributed by atoms with Gasteiger partial charge in [0.1, 0.15) is 11.4 Å². The van der Waals surface area contributed by atoms with Crippen molar-refractivity contribution < 1.29 is 24.3 Å². The molecule has 2 saturated carbocycles. The number of nitrogens with one attached hydrogen (secondary N) is 4. The molecule has 11 heteroatoms. The first-order valence-corrected chi connectivity index (χ1v) is 20.1. The van der Waals surface area contributed by atoms with Gasteiger partial charge >= 0.3 is 0 Å². The van der Waals surface area contributed by atoms with E-state index in [1.54, 1.807) is 48.8 Å². The van der Waals surface area contributed by atoms with E-state index in [0.717, 1.165) is 62.5 Å². The number of aliphatic hydroxyl groups is 1. The van der Waals surface area contributed by atoms with E-state index >= 15 is 0 Å². The van der Waals surface area contributed by atoms with Crippen molar-refractivity contribution >= 4 is 23.6 Å². The molecule has 2 aromatic heterocycles. The van der Waals surface area contributed by atoms with Crippen LogP contribution in [-0.2, 0) is 22.4 Å². The molecule has 0 bridgehead atoms. The Morgan fingerprint density at radius 3 is 1.23 bits per heavy atom. The zero-order valence-electron chi connectivity index (χ0n) is 31.9. The van der Waals surface area contributed by atoms with E-state index in [4.69, 9.17) is 0 Å². The van der Waals surface area contributed by atoms with Crippen molar-refractivity contribution in [3.63, 3.8) is 0 Å². The van der Waals surface area contributed by atoms with Crippen LogP contribution in [0.15, 0.2) is 109 Å². The summed E-state index contributed by atoms with van der Waals surface area (Å²) in [4.78, 5) is 62.8. The maximum atomic E-state index is 14.2. The van der Waals surface area contributed by atoms with Crippen LogP contribution in [0.4, 0.5) is 0 Å². The second-order valence-corrected chi connectivity index (χ2v) is 15.3. The van der Waals surface area contributed by atoms with E-state index in [0.29, 0.717) is 24.2 Å². The number of pyridine rings is 2. The molecule has 294 valence electrons. The zero-order chi connectivity index (χ0) is 39.1. The minimum Gasteiger partial charge on any atom is -0.393 e. The van der Waals surface area contributed by atoms with E-state index in [9.17, 15) is 24.3 Å². The van der Waals surface area contributed by atoms with Gasteiger partial charge in [0.25, 0.3) is 11.8 Å². The number of carbonyl (C=O) groups excluding carboxylic acids is 4. The smallest absolute Gasteiger partial charge is 0.270 e. The Balaban J connectivity index is 1.14. The standard InChI is InChI=1S/C45H54N6O5/c52-35(29-33(27-31-15-3-1-4-16-31)42(53)48-36-19-7-9-21-38(36)50-44(55)40-23-11-13-25-46-40)30-34(28-32-17-5-2-6-18-32)43(54)49-37-20-8-10-22-39(37)51-45(56)41-24-12-14-26-47-41/h1-6,11-18,23-26,33-39,52H,7-10,19-22,27-30H2,(H,48,53)(H,49,54)(H,50,55)(H,51,56)/t33-,34+,35?,36-,37-,38-,39-/m0/s1. The fraction of sp³-hybridized carbons (Fsp3) is 0.422. The van der Waals surface area contributed by atoms with Gasteiger partial charge in [-0.05, 0) is 86.8 Å². The zero-order valence-corrected chi connectivity index (χ0v) is 31.9. The highest BCUT2D eigenvalue weighted by Crippen LogP contribution is 2.26. The predicted molar refractivity (Wildman–Crippen MR) is 214 cm³/mol. The van der Waals surface area contributed by atoms with Crippen LogP contribution in [0.3, 0.4) is 0 Å². The Hall–Kier alpha value is -5.42. The van der Waals surface area contributed by atoms with Crippen LogP contribution < -0.4 is 21.3 Å². The van der Waals surface area contributed by atoms with Crippen molar-refractivity contribution in [2.45, 2.75) is 107 Å². The van der Waals surface area contributed by atoms with Crippen LogP contribution >= 0.6 is 0 Å². The Bertz CT molecular complexity index is 1710. The van der Waals surface area contributed by atoms with Crippen LogP contribution in [0.2, 0.25) is 0 Å². The van der Waals surface area contributed by atoms with Gasteiger partial charge in [0.05, 0.1) is 6.10 Å². The Morgan fingerprint density at radius 2 is 0.875 bits per heavy atom. The molecular formula is C45H54N6O5. The first-order valence-electron chi connectivity index (χ1n) is 20.1. The molecule has 0 saturated heterocycles. The first kappa shape index (κ1) is 40.2. The summed E-state index contributed by atoms with van der Waals surface area (Å²) in [7, 11) is 0. The van der Waals surface area contributed by atoms with E-state index in [1.807, 2.05) is 60.7 Å². The van der Waals surface area contributed by atoms with Crippen molar-refractivity contribution in [3.05, 3.63) is 132 Å². The van der Waals surface area contributed by atoms with Crippen molar-refractivity contribution in [1.29, 1.82) is 0 Å². The summed E-state index contributed by atoms with van der Waals surface area (Å²) in [5.41, 5.74) is 2.60. The molecule has 1 unspecified atom stereocenters. The number of nitrogens with zero attached hydrogens (tertiary/aromatic N) is 2. The molecule has 11 nitrogen and oxygen atoms in total. The van der Waals surface area contributed by atoms with Gasteiger partial charge in [-0.15, -0.1) is 0 Å². The van der Waals surface area contributed by atoms with Crippen LogP contribution in [0.25, 0.3) is 0 Å². The number of carbonyl (C=O) groups is 4. The normalized spacial score (nSPS) is 21.1. The largest absolute Gasteiger partial charge is 0.393 e. The lowest BCUT2D eigenvalue weighted by atomic mass is 9.85. The van der Waals surface area contributed by atoms with Crippen LogP contribution in [0, 0.1) is 11.8 Å². The minimum atomic E-state index is -0.953. The third kappa shape index (κ3) is 11.8. The van der Waals surface area contributed by atoms with Gasteiger partial charge in [0, 0.05) is 48.4 Å². The summed E-state index contributed by atoms with van der Waals surface area (Å²) in [5.74, 6) is -2.07. The molecule has 2 heterocycles. The topological polar surface area (TPSA) is 162 Å². The summed E-state index contributed by atoms with van der Waals surface area (Å²) in [6, 6.07) is 28.9. The summed E-state index contributed by atoms with van der Waals surface area (Å²) >= 11 is 0. The predicted octanol–water partition coefficient (Wildman–Crippen LogP) is 5.35. The molecule has 2 fully saturated rings. The van der Waals surface area contributed by atoms with Crippen LogP contribution in [0.5, 0.6) is 0 Å². The Labute approximate surface area is 329 Å². The summed E-state index contributed by atoms with van der Waals surface area (Å²) < 4.78 is 0.